The van der Waals surface area contributed by atoms with Crippen molar-refractivity contribution in [2.75, 3.05) is 6.54 Å². The number of halogens is 3. The molecule has 0 radical (unpaired) electrons. The molecule has 0 heterocycles. The van der Waals surface area contributed by atoms with Gasteiger partial charge in [0.05, 0.1) is 10.0 Å². The number of fused-ring (bicyclic) bond motifs is 1. The molecule has 0 aliphatic heterocycles. The highest BCUT2D eigenvalue weighted by molar-refractivity contribution is 6.42. The summed E-state index contributed by atoms with van der Waals surface area (Å²) in [6.45, 7) is 0.672. The van der Waals surface area contributed by atoms with Crippen molar-refractivity contribution in [3.8, 4) is 0 Å². The van der Waals surface area contributed by atoms with Crippen molar-refractivity contribution in [2.24, 2.45) is 5.73 Å². The lowest BCUT2D eigenvalue weighted by Gasteiger charge is -2.18. The second-order valence-corrected chi connectivity index (χ2v) is 4.54. The minimum absolute atomic E-state index is 0. The molecule has 0 atom stereocenters. The number of allylic oxidation sites excluding steroid dienone is 1. The number of hydrogen-bond acceptors (Lipinski definition) is 1. The van der Waals surface area contributed by atoms with Gasteiger partial charge in [-0.3, -0.25) is 0 Å². The highest BCUT2D eigenvalue weighted by atomic mass is 35.5. The molecule has 0 saturated carbocycles. The Labute approximate surface area is 112 Å². The molecule has 1 aromatic carbocycles. The number of benzene rings is 1. The molecule has 1 nitrogen and oxygen atoms in total. The topological polar surface area (TPSA) is 26.0 Å². The van der Waals surface area contributed by atoms with E-state index in [1.165, 1.54) is 16.7 Å². The Balaban J connectivity index is 0.00000128. The summed E-state index contributed by atoms with van der Waals surface area (Å²) in [4.78, 5) is 0. The van der Waals surface area contributed by atoms with Gasteiger partial charge >= 0.3 is 0 Å². The summed E-state index contributed by atoms with van der Waals surface area (Å²) in [6.07, 6.45) is 5.27. The molecule has 2 N–H and O–H groups in total. The van der Waals surface area contributed by atoms with Gasteiger partial charge in [0.2, 0.25) is 0 Å². The molecule has 0 fully saturated rings. The number of rotatable bonds is 2. The third kappa shape index (κ3) is 2.72. The maximum absolute atomic E-state index is 6.02. The SMILES string of the molecule is Cl.NCCC1=CCCc2cc(Cl)c(Cl)cc21. The van der Waals surface area contributed by atoms with Gasteiger partial charge in [-0.15, -0.1) is 12.4 Å². The van der Waals surface area contributed by atoms with Gasteiger partial charge in [0.15, 0.2) is 0 Å². The minimum atomic E-state index is 0. The van der Waals surface area contributed by atoms with Crippen LogP contribution in [-0.2, 0) is 6.42 Å². The predicted octanol–water partition coefficient (Wildman–Crippen LogP) is 4.09. The Hall–Kier alpha value is -0.210. The first kappa shape index (κ1) is 13.9. The second-order valence-electron chi connectivity index (χ2n) is 3.73. The molecule has 0 amide bonds. The largest absolute Gasteiger partial charge is 0.330 e. The fourth-order valence-corrected chi connectivity index (χ4v) is 2.35. The molecule has 0 saturated heterocycles. The van der Waals surface area contributed by atoms with Crippen molar-refractivity contribution in [1.29, 1.82) is 0 Å². The Morgan fingerprint density at radius 3 is 2.56 bits per heavy atom. The van der Waals surface area contributed by atoms with Crippen molar-refractivity contribution in [2.45, 2.75) is 19.3 Å². The van der Waals surface area contributed by atoms with Crippen LogP contribution in [0, 0.1) is 0 Å². The molecule has 88 valence electrons. The van der Waals surface area contributed by atoms with E-state index in [-0.39, 0.29) is 12.4 Å². The lowest BCUT2D eigenvalue weighted by Crippen LogP contribution is -2.05. The molecular formula is C12H14Cl3N. The highest BCUT2D eigenvalue weighted by Gasteiger charge is 2.14. The van der Waals surface area contributed by atoms with Crippen LogP contribution in [0.3, 0.4) is 0 Å². The maximum Gasteiger partial charge on any atom is 0.0598 e. The van der Waals surface area contributed by atoms with Crippen molar-refractivity contribution in [1.82, 2.24) is 0 Å². The standard InChI is InChI=1S/C12H13Cl2N.ClH/c13-11-6-9-3-1-2-8(4-5-15)10(9)7-12(11)14;/h2,6-7H,1,3-5,15H2;1H. The molecule has 1 aliphatic carbocycles. The molecule has 1 aliphatic rings. The van der Waals surface area contributed by atoms with Gasteiger partial charge in [-0.1, -0.05) is 29.3 Å². The van der Waals surface area contributed by atoms with E-state index >= 15 is 0 Å². The van der Waals surface area contributed by atoms with E-state index in [2.05, 4.69) is 6.08 Å². The monoisotopic (exact) mass is 277 g/mol. The van der Waals surface area contributed by atoms with Gasteiger partial charge in [-0.2, -0.15) is 0 Å². The Morgan fingerprint density at radius 1 is 1.19 bits per heavy atom. The first-order valence-electron chi connectivity index (χ1n) is 5.09. The van der Waals surface area contributed by atoms with E-state index < -0.39 is 0 Å². The summed E-state index contributed by atoms with van der Waals surface area (Å²) < 4.78 is 0. The van der Waals surface area contributed by atoms with Crippen molar-refractivity contribution in [3.05, 3.63) is 39.4 Å². The average Bonchev–Trinajstić information content (AvgIpc) is 2.21. The summed E-state index contributed by atoms with van der Waals surface area (Å²) in [5, 5.41) is 1.27. The van der Waals surface area contributed by atoms with Crippen LogP contribution in [0.25, 0.3) is 5.57 Å². The molecule has 2 rings (SSSR count). The van der Waals surface area contributed by atoms with E-state index in [4.69, 9.17) is 28.9 Å². The lowest BCUT2D eigenvalue weighted by molar-refractivity contribution is 0.940. The third-order valence-corrected chi connectivity index (χ3v) is 3.43. The van der Waals surface area contributed by atoms with Crippen LogP contribution in [0.5, 0.6) is 0 Å². The Morgan fingerprint density at radius 2 is 1.88 bits per heavy atom. The van der Waals surface area contributed by atoms with Crippen LogP contribution in [0.4, 0.5) is 0 Å². The molecule has 0 spiro atoms. The normalized spacial score (nSPS) is 13.8. The van der Waals surface area contributed by atoms with E-state index in [0.717, 1.165) is 19.3 Å². The fourth-order valence-electron chi connectivity index (χ4n) is 2.00. The van der Waals surface area contributed by atoms with Crippen LogP contribution >= 0.6 is 35.6 Å². The Kier molecular flexibility index (Phi) is 5.13. The van der Waals surface area contributed by atoms with Crippen molar-refractivity contribution < 1.29 is 0 Å². The molecule has 0 unspecified atom stereocenters. The summed E-state index contributed by atoms with van der Waals surface area (Å²) >= 11 is 12.0. The zero-order valence-corrected chi connectivity index (χ0v) is 11.1. The van der Waals surface area contributed by atoms with E-state index in [1.54, 1.807) is 0 Å². The first-order valence-corrected chi connectivity index (χ1v) is 5.85. The maximum atomic E-state index is 6.02. The van der Waals surface area contributed by atoms with Crippen molar-refractivity contribution in [3.63, 3.8) is 0 Å². The summed E-state index contributed by atoms with van der Waals surface area (Å²) in [6, 6.07) is 3.93. The third-order valence-electron chi connectivity index (χ3n) is 2.71. The smallest absolute Gasteiger partial charge is 0.0598 e. The molecular weight excluding hydrogens is 264 g/mol. The van der Waals surface area contributed by atoms with Gasteiger partial charge in [-0.05, 0) is 54.6 Å². The van der Waals surface area contributed by atoms with Gasteiger partial charge in [-0.25, -0.2) is 0 Å². The molecule has 0 bridgehead atoms. The molecule has 4 heteroatoms. The zero-order chi connectivity index (χ0) is 10.8. The van der Waals surface area contributed by atoms with Gasteiger partial charge in [0, 0.05) is 0 Å². The van der Waals surface area contributed by atoms with Crippen molar-refractivity contribution >= 4 is 41.2 Å². The summed E-state index contributed by atoms with van der Waals surface area (Å²) in [5.41, 5.74) is 9.40. The molecule has 0 aromatic heterocycles. The number of aryl methyl sites for hydroxylation is 1. The second kappa shape index (κ2) is 5.92. The van der Waals surface area contributed by atoms with Gasteiger partial charge in [0.1, 0.15) is 0 Å². The van der Waals surface area contributed by atoms with Crippen LogP contribution in [-0.4, -0.2) is 6.54 Å². The number of nitrogens with two attached hydrogens (primary N) is 1. The van der Waals surface area contributed by atoms with Crippen LogP contribution in [0.1, 0.15) is 24.0 Å². The zero-order valence-electron chi connectivity index (χ0n) is 8.80. The lowest BCUT2D eigenvalue weighted by atomic mass is 9.89. The molecule has 1 aromatic rings. The predicted molar refractivity (Wildman–Crippen MR) is 73.7 cm³/mol. The van der Waals surface area contributed by atoms with Gasteiger partial charge in [0.25, 0.3) is 0 Å². The van der Waals surface area contributed by atoms with E-state index in [1.807, 2.05) is 12.1 Å². The highest BCUT2D eigenvalue weighted by Crippen LogP contribution is 2.34. The van der Waals surface area contributed by atoms with E-state index in [9.17, 15) is 0 Å². The fraction of sp³-hybridized carbons (Fsp3) is 0.333. The average molecular weight is 279 g/mol. The summed E-state index contributed by atoms with van der Waals surface area (Å²) in [5.74, 6) is 0. The van der Waals surface area contributed by atoms with Crippen LogP contribution in [0.15, 0.2) is 18.2 Å². The van der Waals surface area contributed by atoms with Crippen LogP contribution in [0.2, 0.25) is 10.0 Å². The quantitative estimate of drug-likeness (QED) is 0.866. The Bertz CT molecular complexity index is 413. The van der Waals surface area contributed by atoms with E-state index in [0.29, 0.717) is 16.6 Å². The summed E-state index contributed by atoms with van der Waals surface area (Å²) in [7, 11) is 0. The number of hydrogen-bond donors (Lipinski definition) is 1. The first-order chi connectivity index (χ1) is 7.22. The minimum Gasteiger partial charge on any atom is -0.330 e. The van der Waals surface area contributed by atoms with Gasteiger partial charge < -0.3 is 5.73 Å². The molecule has 16 heavy (non-hydrogen) atoms. The van der Waals surface area contributed by atoms with Crippen LogP contribution < -0.4 is 5.73 Å².